The van der Waals surface area contributed by atoms with E-state index < -0.39 is 6.04 Å². The van der Waals surface area contributed by atoms with E-state index in [-0.39, 0.29) is 0 Å². The van der Waals surface area contributed by atoms with Crippen LogP contribution < -0.4 is 5.19 Å². The van der Waals surface area contributed by atoms with Gasteiger partial charge in [-0.1, -0.05) is 37.6 Å². The van der Waals surface area contributed by atoms with E-state index in [4.69, 9.17) is 0 Å². The molecule has 0 amide bonds. The van der Waals surface area contributed by atoms with Crippen LogP contribution in [-0.2, 0) is 6.42 Å². The molecular weight excluding hydrogens is 296 g/mol. The number of halogens is 2. The van der Waals surface area contributed by atoms with Gasteiger partial charge in [0.25, 0.3) is 0 Å². The Balaban J connectivity index is 2.92. The van der Waals surface area contributed by atoms with Gasteiger partial charge >= 0.3 is 0 Å². The summed E-state index contributed by atoms with van der Waals surface area (Å²) in [5, 5.41) is 1.45. The van der Waals surface area contributed by atoms with Crippen molar-refractivity contribution in [1.82, 2.24) is 0 Å². The number of hydrogen-bond donors (Lipinski definition) is 0. The molecule has 0 nitrogen and oxygen atoms in total. The summed E-state index contributed by atoms with van der Waals surface area (Å²) in [6, 6.07) is 7.98. The summed E-state index contributed by atoms with van der Waals surface area (Å²) in [5.74, 6) is 0. The Morgan fingerprint density at radius 1 is 1.25 bits per heavy atom. The number of benzene rings is 1. The Bertz CT molecular complexity index is 248. The molecule has 0 aliphatic heterocycles. The maximum Gasteiger partial charge on any atom is 0.249 e. The van der Waals surface area contributed by atoms with Crippen molar-refractivity contribution in [3.63, 3.8) is 0 Å². The molecule has 0 heterocycles. The Morgan fingerprint density at radius 3 is 2.50 bits per heavy atom. The second-order valence-electron chi connectivity index (χ2n) is 2.67. The summed E-state index contributed by atoms with van der Waals surface area (Å²) >= 11 is 7.24. The minimum atomic E-state index is -0.639. The molecule has 0 saturated heterocycles. The highest BCUT2D eigenvalue weighted by Gasteiger charge is 2.09. The van der Waals surface area contributed by atoms with Gasteiger partial charge in [-0.2, -0.15) is 0 Å². The van der Waals surface area contributed by atoms with E-state index in [0.29, 0.717) is 0 Å². The molecule has 0 fully saturated rings. The third kappa shape index (κ3) is 2.71. The smallest absolute Gasteiger partial charge is 0.106 e. The van der Waals surface area contributed by atoms with Crippen LogP contribution in [0, 0.1) is 0 Å². The van der Waals surface area contributed by atoms with Crippen LogP contribution in [0.25, 0.3) is 0 Å². The number of hydrogen-bond acceptors (Lipinski definition) is 0. The SMILES string of the molecule is CCCc1ccccc1[Si](Br)Br. The second kappa shape index (κ2) is 5.20. The van der Waals surface area contributed by atoms with Crippen LogP contribution in [-0.4, -0.2) is 6.04 Å². The monoisotopic (exact) mass is 305 g/mol. The van der Waals surface area contributed by atoms with Gasteiger partial charge in [0.1, 0.15) is 0 Å². The maximum atomic E-state index is 3.62. The summed E-state index contributed by atoms with van der Waals surface area (Å²) < 4.78 is 0. The molecule has 0 N–H and O–H groups in total. The van der Waals surface area contributed by atoms with Gasteiger partial charge in [-0.15, -0.1) is 30.6 Å². The van der Waals surface area contributed by atoms with Gasteiger partial charge in [-0.3, -0.25) is 0 Å². The van der Waals surface area contributed by atoms with E-state index in [1.165, 1.54) is 23.6 Å². The Kier molecular flexibility index (Phi) is 4.54. The molecule has 12 heavy (non-hydrogen) atoms. The topological polar surface area (TPSA) is 0 Å². The van der Waals surface area contributed by atoms with Crippen molar-refractivity contribution < 1.29 is 0 Å². The minimum absolute atomic E-state index is 0.639. The zero-order chi connectivity index (χ0) is 8.97. The van der Waals surface area contributed by atoms with Crippen LogP contribution in [0.1, 0.15) is 18.9 Å². The molecule has 0 aromatic heterocycles. The lowest BCUT2D eigenvalue weighted by Crippen LogP contribution is -2.21. The molecule has 1 aromatic carbocycles. The molecule has 3 heteroatoms. The average Bonchev–Trinajstić information content (AvgIpc) is 2.05. The van der Waals surface area contributed by atoms with Gasteiger partial charge in [0.15, 0.2) is 0 Å². The zero-order valence-corrected chi connectivity index (χ0v) is 11.2. The van der Waals surface area contributed by atoms with Crippen LogP contribution in [0.5, 0.6) is 0 Å². The molecule has 0 bridgehead atoms. The fourth-order valence-electron chi connectivity index (χ4n) is 1.19. The Labute approximate surface area is 91.1 Å². The number of rotatable bonds is 3. The second-order valence-corrected chi connectivity index (χ2v) is 11.7. The van der Waals surface area contributed by atoms with Crippen molar-refractivity contribution in [3.05, 3.63) is 29.8 Å². The fourth-order valence-corrected chi connectivity index (χ4v) is 4.19. The average molecular weight is 307 g/mol. The molecule has 0 spiro atoms. The highest BCUT2D eigenvalue weighted by molar-refractivity contribution is 9.49. The predicted octanol–water partition coefficient (Wildman–Crippen LogP) is 3.12. The van der Waals surface area contributed by atoms with Crippen molar-refractivity contribution >= 4 is 41.8 Å². The Hall–Kier alpha value is 0.397. The van der Waals surface area contributed by atoms with E-state index in [1.807, 2.05) is 0 Å². The van der Waals surface area contributed by atoms with E-state index >= 15 is 0 Å². The molecule has 1 aromatic rings. The van der Waals surface area contributed by atoms with E-state index in [1.54, 1.807) is 0 Å². The van der Waals surface area contributed by atoms with Gasteiger partial charge in [0.05, 0.1) is 0 Å². The molecule has 0 unspecified atom stereocenters. The molecule has 1 radical (unpaired) electrons. The lowest BCUT2D eigenvalue weighted by atomic mass is 10.1. The zero-order valence-electron chi connectivity index (χ0n) is 6.98. The van der Waals surface area contributed by atoms with Crippen LogP contribution in [0.3, 0.4) is 0 Å². The number of aryl methyl sites for hydroxylation is 1. The maximum absolute atomic E-state index is 3.62. The van der Waals surface area contributed by atoms with E-state index in [9.17, 15) is 0 Å². The Morgan fingerprint density at radius 2 is 1.92 bits per heavy atom. The first-order valence-electron chi connectivity index (χ1n) is 4.02. The van der Waals surface area contributed by atoms with Crippen molar-refractivity contribution in [2.75, 3.05) is 0 Å². The molecule has 0 atom stereocenters. The predicted molar refractivity (Wildman–Crippen MR) is 63.7 cm³/mol. The minimum Gasteiger partial charge on any atom is -0.106 e. The lowest BCUT2D eigenvalue weighted by molar-refractivity contribution is 0.927. The molecular formula is C9H11Br2Si. The summed E-state index contributed by atoms with van der Waals surface area (Å²) in [5.41, 5.74) is 1.47. The molecule has 0 aliphatic rings. The summed E-state index contributed by atoms with van der Waals surface area (Å²) in [7, 11) is 0. The molecule has 65 valence electrons. The quantitative estimate of drug-likeness (QED) is 0.594. The van der Waals surface area contributed by atoms with Gasteiger partial charge in [0, 0.05) is 0 Å². The third-order valence-corrected chi connectivity index (χ3v) is 5.20. The highest BCUT2D eigenvalue weighted by atomic mass is 79.9. The summed E-state index contributed by atoms with van der Waals surface area (Å²) in [4.78, 5) is 0. The van der Waals surface area contributed by atoms with Gasteiger partial charge in [0.2, 0.25) is 6.04 Å². The normalized spacial score (nSPS) is 10.7. The first-order chi connectivity index (χ1) is 5.75. The largest absolute Gasteiger partial charge is 0.249 e. The van der Waals surface area contributed by atoms with Crippen LogP contribution in [0.15, 0.2) is 24.3 Å². The van der Waals surface area contributed by atoms with Crippen LogP contribution in [0.4, 0.5) is 0 Å². The van der Waals surface area contributed by atoms with Crippen molar-refractivity contribution in [2.45, 2.75) is 19.8 Å². The first-order valence-corrected chi connectivity index (χ1v) is 10.0. The van der Waals surface area contributed by atoms with Crippen molar-refractivity contribution in [3.8, 4) is 0 Å². The van der Waals surface area contributed by atoms with E-state index in [2.05, 4.69) is 61.8 Å². The van der Waals surface area contributed by atoms with Gasteiger partial charge in [-0.25, -0.2) is 0 Å². The third-order valence-electron chi connectivity index (χ3n) is 1.74. The summed E-state index contributed by atoms with van der Waals surface area (Å²) in [6.45, 7) is 2.21. The summed E-state index contributed by atoms with van der Waals surface area (Å²) in [6.07, 6.45) is 2.40. The van der Waals surface area contributed by atoms with Crippen molar-refractivity contribution in [1.29, 1.82) is 0 Å². The van der Waals surface area contributed by atoms with Gasteiger partial charge < -0.3 is 0 Å². The molecule has 0 saturated carbocycles. The van der Waals surface area contributed by atoms with Crippen LogP contribution >= 0.6 is 30.6 Å². The van der Waals surface area contributed by atoms with E-state index in [0.717, 1.165) is 0 Å². The van der Waals surface area contributed by atoms with Gasteiger partial charge in [-0.05, 0) is 17.2 Å². The lowest BCUT2D eigenvalue weighted by Gasteiger charge is -2.07. The first kappa shape index (κ1) is 10.5. The highest BCUT2D eigenvalue weighted by Crippen LogP contribution is 2.08. The van der Waals surface area contributed by atoms with Crippen LogP contribution in [0.2, 0.25) is 0 Å². The van der Waals surface area contributed by atoms with Crippen molar-refractivity contribution in [2.24, 2.45) is 0 Å². The fraction of sp³-hybridized carbons (Fsp3) is 0.333. The molecule has 1 rings (SSSR count). The standard InChI is InChI=1S/C9H11Br2Si/c1-2-5-8-6-3-4-7-9(8)12(10)11/h3-4,6-7H,2,5H2,1H3. The molecule has 0 aliphatic carbocycles.